The molecule has 33 heavy (non-hydrogen) atoms. The fourth-order valence-corrected chi connectivity index (χ4v) is 6.71. The second kappa shape index (κ2) is 7.93. The van der Waals surface area contributed by atoms with Gasteiger partial charge in [-0.2, -0.15) is 4.31 Å². The molecule has 0 radical (unpaired) electrons. The Bertz CT molecular complexity index is 1420. The van der Waals surface area contributed by atoms with E-state index in [4.69, 9.17) is 4.98 Å². The molecule has 166 valence electrons. The SMILES string of the molecule is O=S(=O)(c1ccccc1-c1ccccc1)N1CCC2CN(c3cnc4ccccc4n3)C2C1. The molecule has 0 bridgehead atoms. The van der Waals surface area contributed by atoms with Crippen LogP contribution in [0.3, 0.4) is 0 Å². The minimum Gasteiger partial charge on any atom is -0.350 e. The minimum absolute atomic E-state index is 0.118. The first-order chi connectivity index (χ1) is 16.1. The van der Waals surface area contributed by atoms with E-state index in [-0.39, 0.29) is 6.04 Å². The number of hydrogen-bond acceptors (Lipinski definition) is 5. The Morgan fingerprint density at radius 2 is 1.55 bits per heavy atom. The zero-order valence-electron chi connectivity index (χ0n) is 18.1. The molecule has 0 saturated carbocycles. The lowest BCUT2D eigenvalue weighted by atomic mass is 9.83. The van der Waals surface area contributed by atoms with Gasteiger partial charge in [-0.25, -0.2) is 13.4 Å². The van der Waals surface area contributed by atoms with Crippen LogP contribution in [0.5, 0.6) is 0 Å². The summed E-state index contributed by atoms with van der Waals surface area (Å²) in [6.45, 7) is 1.90. The Morgan fingerprint density at radius 1 is 0.818 bits per heavy atom. The predicted octanol–water partition coefficient (Wildman–Crippen LogP) is 4.20. The molecule has 0 N–H and O–H groups in total. The van der Waals surface area contributed by atoms with Gasteiger partial charge in [0.2, 0.25) is 10.0 Å². The van der Waals surface area contributed by atoms with Crippen LogP contribution >= 0.6 is 0 Å². The molecule has 2 saturated heterocycles. The van der Waals surface area contributed by atoms with Crippen molar-refractivity contribution in [2.24, 2.45) is 5.92 Å². The zero-order valence-corrected chi connectivity index (χ0v) is 18.9. The molecule has 3 aromatic carbocycles. The molecule has 0 spiro atoms. The fraction of sp³-hybridized carbons (Fsp3) is 0.231. The molecule has 1 aromatic heterocycles. The van der Waals surface area contributed by atoms with E-state index in [1.54, 1.807) is 22.6 Å². The summed E-state index contributed by atoms with van der Waals surface area (Å²) in [4.78, 5) is 11.9. The van der Waals surface area contributed by atoms with Crippen LogP contribution in [0.15, 0.2) is 90.0 Å². The minimum atomic E-state index is -3.63. The monoisotopic (exact) mass is 456 g/mol. The summed E-state index contributed by atoms with van der Waals surface area (Å²) in [5, 5.41) is 0. The van der Waals surface area contributed by atoms with Crippen LogP contribution in [0.25, 0.3) is 22.2 Å². The topological polar surface area (TPSA) is 66.4 Å². The molecule has 0 amide bonds. The third kappa shape index (κ3) is 3.48. The average Bonchev–Trinajstić information content (AvgIpc) is 2.85. The van der Waals surface area contributed by atoms with Gasteiger partial charge in [0.25, 0.3) is 0 Å². The number of anilines is 1. The zero-order chi connectivity index (χ0) is 22.4. The number of para-hydroxylation sites is 2. The maximum atomic E-state index is 13.8. The van der Waals surface area contributed by atoms with Crippen LogP contribution in [0.2, 0.25) is 0 Å². The third-order valence-corrected chi connectivity index (χ3v) is 8.76. The Hall–Kier alpha value is -3.29. The number of rotatable bonds is 4. The Balaban J connectivity index is 1.29. The van der Waals surface area contributed by atoms with Gasteiger partial charge in [0.1, 0.15) is 5.82 Å². The predicted molar refractivity (Wildman–Crippen MR) is 129 cm³/mol. The fourth-order valence-electron chi connectivity index (χ4n) is 5.02. The molecule has 2 aliphatic heterocycles. The van der Waals surface area contributed by atoms with Crippen molar-refractivity contribution in [2.45, 2.75) is 17.4 Å². The molecule has 6 rings (SSSR count). The number of nitrogens with zero attached hydrogens (tertiary/aromatic N) is 4. The number of benzene rings is 3. The quantitative estimate of drug-likeness (QED) is 0.461. The summed E-state index contributed by atoms with van der Waals surface area (Å²) >= 11 is 0. The second-order valence-corrected chi connectivity index (χ2v) is 10.6. The van der Waals surface area contributed by atoms with Gasteiger partial charge < -0.3 is 4.90 Å². The molecule has 4 aromatic rings. The van der Waals surface area contributed by atoms with Crippen molar-refractivity contribution in [3.63, 3.8) is 0 Å². The largest absolute Gasteiger partial charge is 0.350 e. The van der Waals surface area contributed by atoms with Crippen molar-refractivity contribution in [3.8, 4) is 11.1 Å². The lowest BCUT2D eigenvalue weighted by Gasteiger charge is -2.53. The summed E-state index contributed by atoms with van der Waals surface area (Å²) in [5.41, 5.74) is 3.37. The van der Waals surface area contributed by atoms with Gasteiger partial charge >= 0.3 is 0 Å². The van der Waals surface area contributed by atoms with E-state index in [0.717, 1.165) is 40.9 Å². The maximum Gasteiger partial charge on any atom is 0.243 e. The highest BCUT2D eigenvalue weighted by molar-refractivity contribution is 7.89. The molecule has 6 nitrogen and oxygen atoms in total. The normalized spacial score (nSPS) is 20.9. The van der Waals surface area contributed by atoms with Crippen molar-refractivity contribution in [2.75, 3.05) is 24.5 Å². The van der Waals surface area contributed by atoms with Crippen LogP contribution in [-0.2, 0) is 10.0 Å². The smallest absolute Gasteiger partial charge is 0.243 e. The van der Waals surface area contributed by atoms with Crippen molar-refractivity contribution in [1.29, 1.82) is 0 Å². The van der Waals surface area contributed by atoms with E-state index in [2.05, 4.69) is 9.88 Å². The first kappa shape index (κ1) is 20.3. The van der Waals surface area contributed by atoms with E-state index < -0.39 is 10.0 Å². The van der Waals surface area contributed by atoms with Crippen molar-refractivity contribution in [1.82, 2.24) is 14.3 Å². The first-order valence-electron chi connectivity index (χ1n) is 11.2. The van der Waals surface area contributed by atoms with Crippen LogP contribution in [0.4, 0.5) is 5.82 Å². The number of sulfonamides is 1. The van der Waals surface area contributed by atoms with E-state index in [1.165, 1.54) is 0 Å². The molecule has 2 fully saturated rings. The summed E-state index contributed by atoms with van der Waals surface area (Å²) in [6.07, 6.45) is 2.66. The summed E-state index contributed by atoms with van der Waals surface area (Å²) in [7, 11) is -3.63. The Morgan fingerprint density at radius 3 is 2.39 bits per heavy atom. The maximum absolute atomic E-state index is 13.8. The average molecular weight is 457 g/mol. The van der Waals surface area contributed by atoms with Crippen molar-refractivity contribution in [3.05, 3.63) is 85.1 Å². The van der Waals surface area contributed by atoms with Crippen LogP contribution in [0.1, 0.15) is 6.42 Å². The van der Waals surface area contributed by atoms with E-state index in [9.17, 15) is 8.42 Å². The highest BCUT2D eigenvalue weighted by Gasteiger charge is 2.46. The van der Waals surface area contributed by atoms with E-state index >= 15 is 0 Å². The summed E-state index contributed by atoms with van der Waals surface area (Å²) in [5.74, 6) is 1.30. The van der Waals surface area contributed by atoms with Gasteiger partial charge in [-0.1, -0.05) is 60.7 Å². The van der Waals surface area contributed by atoms with Crippen molar-refractivity contribution < 1.29 is 8.42 Å². The number of fused-ring (bicyclic) bond motifs is 2. The molecule has 7 heteroatoms. The number of piperidine rings is 1. The van der Waals surface area contributed by atoms with Gasteiger partial charge in [0, 0.05) is 31.2 Å². The first-order valence-corrected chi connectivity index (χ1v) is 12.7. The van der Waals surface area contributed by atoms with Crippen LogP contribution in [-0.4, -0.2) is 48.4 Å². The second-order valence-electron chi connectivity index (χ2n) is 8.71. The number of aromatic nitrogens is 2. The lowest BCUT2D eigenvalue weighted by molar-refractivity contribution is 0.170. The lowest BCUT2D eigenvalue weighted by Crippen LogP contribution is -2.65. The van der Waals surface area contributed by atoms with Gasteiger partial charge in [-0.15, -0.1) is 0 Å². The number of hydrogen-bond donors (Lipinski definition) is 0. The highest BCUT2D eigenvalue weighted by atomic mass is 32.2. The van der Waals surface area contributed by atoms with E-state index in [1.807, 2.05) is 66.7 Å². The standard InChI is InChI=1S/C26H24N4O2S/c31-33(32,25-13-7-4-10-21(25)19-8-2-1-3-9-19)29-15-14-20-17-30(24(20)18-29)26-16-27-22-11-5-6-12-23(22)28-26/h1-13,16,20,24H,14-15,17-18H2. The summed E-state index contributed by atoms with van der Waals surface area (Å²) in [6, 6.07) is 24.9. The molecule has 0 aliphatic carbocycles. The molecule has 2 aliphatic rings. The van der Waals surface area contributed by atoms with E-state index in [0.29, 0.717) is 23.9 Å². The van der Waals surface area contributed by atoms with Gasteiger partial charge in [0.15, 0.2) is 0 Å². The molecular formula is C26H24N4O2S. The molecule has 2 unspecified atom stereocenters. The Labute approximate surface area is 193 Å². The van der Waals surface area contributed by atoms with Crippen molar-refractivity contribution >= 4 is 26.9 Å². The van der Waals surface area contributed by atoms with Gasteiger partial charge in [-0.3, -0.25) is 4.98 Å². The summed E-state index contributed by atoms with van der Waals surface area (Å²) < 4.78 is 29.2. The van der Waals surface area contributed by atoms with Crippen LogP contribution < -0.4 is 4.90 Å². The van der Waals surface area contributed by atoms with Gasteiger partial charge in [-0.05, 0) is 36.1 Å². The molecular weight excluding hydrogens is 432 g/mol. The highest BCUT2D eigenvalue weighted by Crippen LogP contribution is 2.38. The molecule has 2 atom stereocenters. The molecule has 3 heterocycles. The third-order valence-electron chi connectivity index (χ3n) is 6.84. The Kier molecular flexibility index (Phi) is 4.89. The van der Waals surface area contributed by atoms with Crippen LogP contribution in [0, 0.1) is 5.92 Å². The van der Waals surface area contributed by atoms with Gasteiger partial charge in [0.05, 0.1) is 22.1 Å².